The van der Waals surface area contributed by atoms with Crippen LogP contribution in [0.25, 0.3) is 0 Å². The maximum absolute atomic E-state index is 10.8. The number of carbonyl (C=O) groups is 1. The van der Waals surface area contributed by atoms with E-state index in [-0.39, 0.29) is 17.1 Å². The van der Waals surface area contributed by atoms with Gasteiger partial charge in [0.05, 0.1) is 10.5 Å². The molecule has 0 radical (unpaired) electrons. The summed E-state index contributed by atoms with van der Waals surface area (Å²) in [6.07, 6.45) is 1.18. The van der Waals surface area contributed by atoms with Crippen LogP contribution in [0.2, 0.25) is 0 Å². The van der Waals surface area contributed by atoms with Crippen LogP contribution in [-0.4, -0.2) is 10.7 Å². The number of Topliss-reactive ketones (excluding diaryl/α,β-unsaturated/α-hetero) is 1. The predicted molar refractivity (Wildman–Crippen MR) is 48.3 cm³/mol. The van der Waals surface area contributed by atoms with E-state index in [1.54, 1.807) is 0 Å². The van der Waals surface area contributed by atoms with Gasteiger partial charge in [0, 0.05) is 11.8 Å². The summed E-state index contributed by atoms with van der Waals surface area (Å²) in [6.45, 7) is 4.20. The molecule has 5 nitrogen and oxygen atoms in total. The fourth-order valence-corrected chi connectivity index (χ4v) is 0.694. The van der Waals surface area contributed by atoms with Crippen molar-refractivity contribution >= 4 is 5.78 Å². The van der Waals surface area contributed by atoms with Crippen LogP contribution in [0.15, 0.2) is 23.0 Å². The molecule has 0 aromatic carbocycles. The maximum atomic E-state index is 10.8. The number of nitrogens with zero attached hydrogens (tertiary/aromatic N) is 1. The number of hydrogen-bond acceptors (Lipinski definition) is 4. The minimum atomic E-state index is -0.618. The summed E-state index contributed by atoms with van der Waals surface area (Å²) < 4.78 is 0. The van der Waals surface area contributed by atoms with Crippen molar-refractivity contribution in [3.8, 4) is 0 Å². The molecule has 0 aromatic heterocycles. The van der Waals surface area contributed by atoms with Gasteiger partial charge in [-0.3, -0.25) is 14.9 Å². The van der Waals surface area contributed by atoms with Gasteiger partial charge in [-0.2, -0.15) is 0 Å². The predicted octanol–water partition coefficient (Wildman–Crippen LogP) is 0.989. The molecule has 0 aliphatic carbocycles. The van der Waals surface area contributed by atoms with Crippen molar-refractivity contribution in [2.24, 2.45) is 5.73 Å². The van der Waals surface area contributed by atoms with Gasteiger partial charge in [0.25, 0.3) is 5.70 Å². The zero-order valence-electron chi connectivity index (χ0n) is 7.83. The van der Waals surface area contributed by atoms with Gasteiger partial charge in [-0.25, -0.2) is 0 Å². The van der Waals surface area contributed by atoms with E-state index in [0.717, 1.165) is 0 Å². The van der Waals surface area contributed by atoms with E-state index >= 15 is 0 Å². The average Bonchev–Trinajstić information content (AvgIpc) is 1.97. The molecule has 0 unspecified atom stereocenters. The Bertz CT molecular complexity index is 299. The lowest BCUT2D eigenvalue weighted by molar-refractivity contribution is -0.420. The van der Waals surface area contributed by atoms with Crippen molar-refractivity contribution in [1.29, 1.82) is 0 Å². The molecule has 0 aromatic rings. The molecule has 0 saturated heterocycles. The highest BCUT2D eigenvalue weighted by molar-refractivity contribution is 5.93. The fraction of sp³-hybridized carbons (Fsp3) is 0.375. The van der Waals surface area contributed by atoms with Gasteiger partial charge in [0.2, 0.25) is 0 Å². The Labute approximate surface area is 76.1 Å². The molecule has 0 heterocycles. The summed E-state index contributed by atoms with van der Waals surface area (Å²) in [7, 11) is 0. The third-order valence-corrected chi connectivity index (χ3v) is 1.47. The molecule has 0 aliphatic rings. The number of rotatable bonds is 3. The molecule has 0 amide bonds. The topological polar surface area (TPSA) is 86.2 Å². The Morgan fingerprint density at radius 2 is 1.85 bits per heavy atom. The van der Waals surface area contributed by atoms with Crippen LogP contribution in [-0.2, 0) is 4.79 Å². The Kier molecular flexibility index (Phi) is 3.84. The number of allylic oxidation sites excluding steroid dienone is 3. The number of nitro groups is 1. The fourth-order valence-electron chi connectivity index (χ4n) is 0.694. The molecular formula is C8H12N2O3. The Morgan fingerprint density at radius 3 is 2.08 bits per heavy atom. The zero-order valence-corrected chi connectivity index (χ0v) is 7.83. The normalized spacial score (nSPS) is 13.6. The van der Waals surface area contributed by atoms with E-state index in [9.17, 15) is 14.9 Å². The quantitative estimate of drug-likeness (QED) is 0.306. The SMILES string of the molecule is CC(=O)/C(C)=C(/C=C(\C)N)[N+](=O)[O-]. The Balaban J connectivity index is 5.26. The third-order valence-electron chi connectivity index (χ3n) is 1.47. The van der Waals surface area contributed by atoms with Gasteiger partial charge >= 0.3 is 0 Å². The number of carbonyl (C=O) groups excluding carboxylic acids is 1. The van der Waals surface area contributed by atoms with E-state index in [1.807, 2.05) is 0 Å². The summed E-state index contributed by atoms with van der Waals surface area (Å²) >= 11 is 0. The summed E-state index contributed by atoms with van der Waals surface area (Å²) in [6, 6.07) is 0. The van der Waals surface area contributed by atoms with Crippen LogP contribution in [0, 0.1) is 10.1 Å². The Morgan fingerprint density at radius 1 is 1.38 bits per heavy atom. The van der Waals surface area contributed by atoms with E-state index in [0.29, 0.717) is 5.70 Å². The molecule has 0 saturated carbocycles. The lowest BCUT2D eigenvalue weighted by Gasteiger charge is -1.96. The summed E-state index contributed by atoms with van der Waals surface area (Å²) in [5.41, 5.74) is 5.44. The van der Waals surface area contributed by atoms with Crippen molar-refractivity contribution in [3.63, 3.8) is 0 Å². The van der Waals surface area contributed by atoms with Crippen LogP contribution < -0.4 is 5.73 Å². The molecule has 72 valence electrons. The molecule has 0 aliphatic heterocycles. The zero-order chi connectivity index (χ0) is 10.6. The Hall–Kier alpha value is -1.65. The van der Waals surface area contributed by atoms with E-state index in [1.165, 1.54) is 26.8 Å². The summed E-state index contributed by atoms with van der Waals surface area (Å²) in [5, 5.41) is 10.5. The molecule has 5 heteroatoms. The van der Waals surface area contributed by atoms with Crippen LogP contribution in [0.5, 0.6) is 0 Å². The lowest BCUT2D eigenvalue weighted by Crippen LogP contribution is -2.06. The third kappa shape index (κ3) is 3.50. The highest BCUT2D eigenvalue weighted by Gasteiger charge is 2.15. The second-order valence-electron chi connectivity index (χ2n) is 2.71. The minimum absolute atomic E-state index is 0.106. The van der Waals surface area contributed by atoms with Crippen molar-refractivity contribution in [2.75, 3.05) is 0 Å². The van der Waals surface area contributed by atoms with Crippen molar-refractivity contribution in [1.82, 2.24) is 0 Å². The first-order valence-electron chi connectivity index (χ1n) is 3.66. The molecule has 0 spiro atoms. The van der Waals surface area contributed by atoms with Crippen LogP contribution in [0.1, 0.15) is 20.8 Å². The van der Waals surface area contributed by atoms with Crippen LogP contribution >= 0.6 is 0 Å². The van der Waals surface area contributed by atoms with Gasteiger partial charge < -0.3 is 5.73 Å². The van der Waals surface area contributed by atoms with Crippen LogP contribution in [0.4, 0.5) is 0 Å². The highest BCUT2D eigenvalue weighted by atomic mass is 16.6. The van der Waals surface area contributed by atoms with E-state index in [2.05, 4.69) is 0 Å². The molecule has 0 rings (SSSR count). The largest absolute Gasteiger partial charge is 0.402 e. The van der Waals surface area contributed by atoms with Gasteiger partial charge in [-0.1, -0.05) is 0 Å². The smallest absolute Gasteiger partial charge is 0.277 e. The molecule has 0 bridgehead atoms. The second-order valence-corrected chi connectivity index (χ2v) is 2.71. The number of nitrogens with two attached hydrogens (primary N) is 1. The van der Waals surface area contributed by atoms with Gasteiger partial charge in [-0.05, 0) is 20.8 Å². The average molecular weight is 184 g/mol. The number of ketones is 1. The maximum Gasteiger partial charge on any atom is 0.277 e. The first-order valence-corrected chi connectivity index (χ1v) is 3.66. The standard InChI is InChI=1S/C8H12N2O3/c1-5(9)4-8(10(12)13)6(2)7(3)11/h4H,9H2,1-3H3/b5-4+,8-6-. The van der Waals surface area contributed by atoms with Crippen molar-refractivity contribution in [2.45, 2.75) is 20.8 Å². The second kappa shape index (κ2) is 4.39. The minimum Gasteiger partial charge on any atom is -0.402 e. The molecule has 2 N–H and O–H groups in total. The molecular weight excluding hydrogens is 172 g/mol. The summed E-state index contributed by atoms with van der Waals surface area (Å²) in [5.74, 6) is -0.329. The van der Waals surface area contributed by atoms with Gasteiger partial charge in [-0.15, -0.1) is 0 Å². The van der Waals surface area contributed by atoms with Gasteiger partial charge in [0.15, 0.2) is 5.78 Å². The van der Waals surface area contributed by atoms with E-state index in [4.69, 9.17) is 5.73 Å². The first kappa shape index (κ1) is 11.4. The first-order chi connectivity index (χ1) is 5.86. The van der Waals surface area contributed by atoms with Crippen molar-refractivity contribution in [3.05, 3.63) is 33.2 Å². The summed E-state index contributed by atoms with van der Waals surface area (Å²) in [4.78, 5) is 20.7. The monoisotopic (exact) mass is 184 g/mol. The van der Waals surface area contributed by atoms with Gasteiger partial charge in [0.1, 0.15) is 0 Å². The molecule has 0 atom stereocenters. The van der Waals surface area contributed by atoms with E-state index < -0.39 is 4.92 Å². The highest BCUT2D eigenvalue weighted by Crippen LogP contribution is 2.08. The molecule has 0 fully saturated rings. The number of hydrogen-bond donors (Lipinski definition) is 1. The molecule has 13 heavy (non-hydrogen) atoms. The lowest BCUT2D eigenvalue weighted by atomic mass is 10.1. The van der Waals surface area contributed by atoms with Crippen LogP contribution in [0.3, 0.4) is 0 Å². The van der Waals surface area contributed by atoms with Crippen molar-refractivity contribution < 1.29 is 9.72 Å².